The molecule has 0 spiro atoms. The van der Waals surface area contributed by atoms with Crippen molar-refractivity contribution in [2.24, 2.45) is 7.05 Å². The monoisotopic (exact) mass is 209 g/mol. The molecule has 2 rings (SSSR count). The van der Waals surface area contributed by atoms with Gasteiger partial charge in [-0.1, -0.05) is 0 Å². The summed E-state index contributed by atoms with van der Waals surface area (Å²) in [5.74, 6) is 0.169. The summed E-state index contributed by atoms with van der Waals surface area (Å²) in [4.78, 5) is 11.8. The number of rotatable bonds is 3. The summed E-state index contributed by atoms with van der Waals surface area (Å²) in [5.41, 5.74) is 0.954. The Morgan fingerprint density at radius 2 is 2.67 bits per heavy atom. The van der Waals surface area contributed by atoms with Crippen LogP contribution in [-0.4, -0.2) is 41.4 Å². The van der Waals surface area contributed by atoms with Gasteiger partial charge in [-0.3, -0.25) is 9.48 Å². The smallest absolute Gasteiger partial charge is 0.156 e. The molecule has 1 unspecified atom stereocenters. The van der Waals surface area contributed by atoms with Crippen LogP contribution in [0.3, 0.4) is 0 Å². The van der Waals surface area contributed by atoms with Crippen molar-refractivity contribution in [1.82, 2.24) is 15.1 Å². The fourth-order valence-electron chi connectivity index (χ4n) is 1.66. The number of ether oxygens (including phenoxy) is 1. The van der Waals surface area contributed by atoms with E-state index in [0.29, 0.717) is 19.6 Å². The van der Waals surface area contributed by atoms with Crippen LogP contribution in [0.4, 0.5) is 0 Å². The number of nitrogens with one attached hydrogen (secondary N) is 1. The zero-order valence-corrected chi connectivity index (χ0v) is 8.77. The van der Waals surface area contributed by atoms with E-state index in [0.717, 1.165) is 12.1 Å². The number of carbonyl (C=O) groups excluding carboxylic acids is 1. The van der Waals surface area contributed by atoms with Crippen LogP contribution in [0.1, 0.15) is 5.56 Å². The molecular formula is C10H15N3O2. The van der Waals surface area contributed by atoms with E-state index in [1.54, 1.807) is 10.9 Å². The molecule has 0 saturated carbocycles. The quantitative estimate of drug-likeness (QED) is 0.730. The van der Waals surface area contributed by atoms with Gasteiger partial charge in [0.15, 0.2) is 5.78 Å². The van der Waals surface area contributed by atoms with Crippen molar-refractivity contribution < 1.29 is 9.53 Å². The van der Waals surface area contributed by atoms with E-state index in [1.807, 2.05) is 13.2 Å². The summed E-state index contributed by atoms with van der Waals surface area (Å²) in [7, 11) is 1.84. The van der Waals surface area contributed by atoms with Gasteiger partial charge < -0.3 is 10.1 Å². The second-order valence-corrected chi connectivity index (χ2v) is 3.75. The summed E-state index contributed by atoms with van der Waals surface area (Å²) in [6, 6.07) is -0.154. The molecule has 1 aromatic heterocycles. The van der Waals surface area contributed by atoms with Crippen molar-refractivity contribution in [1.29, 1.82) is 0 Å². The number of ketones is 1. The van der Waals surface area contributed by atoms with E-state index in [-0.39, 0.29) is 11.8 Å². The van der Waals surface area contributed by atoms with Crippen LogP contribution < -0.4 is 5.32 Å². The molecule has 15 heavy (non-hydrogen) atoms. The second kappa shape index (κ2) is 4.55. The Bertz CT molecular complexity index is 342. The highest BCUT2D eigenvalue weighted by Crippen LogP contribution is 2.03. The van der Waals surface area contributed by atoms with Gasteiger partial charge in [-0.2, -0.15) is 5.10 Å². The second-order valence-electron chi connectivity index (χ2n) is 3.75. The standard InChI is InChI=1S/C10H15N3O2/c1-13-6-8(5-12-13)4-10(14)9-7-15-3-2-11-9/h5-6,9,11H,2-4,7H2,1H3. The van der Waals surface area contributed by atoms with Gasteiger partial charge >= 0.3 is 0 Å². The molecule has 1 aromatic rings. The van der Waals surface area contributed by atoms with E-state index >= 15 is 0 Å². The van der Waals surface area contributed by atoms with Crippen LogP contribution in [-0.2, 0) is 23.0 Å². The molecule has 1 atom stereocenters. The Morgan fingerprint density at radius 3 is 3.27 bits per heavy atom. The molecule has 2 heterocycles. The normalized spacial score (nSPS) is 21.5. The zero-order chi connectivity index (χ0) is 10.7. The van der Waals surface area contributed by atoms with Crippen molar-refractivity contribution in [3.05, 3.63) is 18.0 Å². The first-order valence-electron chi connectivity index (χ1n) is 5.07. The third kappa shape index (κ3) is 2.64. The molecule has 1 fully saturated rings. The lowest BCUT2D eigenvalue weighted by Gasteiger charge is -2.22. The Morgan fingerprint density at radius 1 is 1.80 bits per heavy atom. The Labute approximate surface area is 88.4 Å². The molecule has 0 radical (unpaired) electrons. The Balaban J connectivity index is 1.91. The molecule has 1 aliphatic rings. The lowest BCUT2D eigenvalue weighted by molar-refractivity contribution is -0.123. The van der Waals surface area contributed by atoms with Crippen LogP contribution in [0, 0.1) is 0 Å². The lowest BCUT2D eigenvalue weighted by Crippen LogP contribution is -2.47. The van der Waals surface area contributed by atoms with Crippen molar-refractivity contribution in [2.45, 2.75) is 12.5 Å². The predicted molar refractivity (Wildman–Crippen MR) is 54.5 cm³/mol. The molecule has 5 heteroatoms. The maximum absolute atomic E-state index is 11.8. The van der Waals surface area contributed by atoms with Crippen molar-refractivity contribution in [3.63, 3.8) is 0 Å². The first-order chi connectivity index (χ1) is 7.25. The fourth-order valence-corrected chi connectivity index (χ4v) is 1.66. The van der Waals surface area contributed by atoms with Gasteiger partial charge in [-0.25, -0.2) is 0 Å². The van der Waals surface area contributed by atoms with Crippen molar-refractivity contribution in [2.75, 3.05) is 19.8 Å². The van der Waals surface area contributed by atoms with Crippen LogP contribution in [0.2, 0.25) is 0 Å². The summed E-state index contributed by atoms with van der Waals surface area (Å²) in [6.07, 6.45) is 4.01. The maximum Gasteiger partial charge on any atom is 0.156 e. The third-order valence-electron chi connectivity index (χ3n) is 2.45. The molecule has 0 aromatic carbocycles. The first kappa shape index (κ1) is 10.3. The minimum Gasteiger partial charge on any atom is -0.378 e. The third-order valence-corrected chi connectivity index (χ3v) is 2.45. The zero-order valence-electron chi connectivity index (χ0n) is 8.77. The van der Waals surface area contributed by atoms with E-state index in [9.17, 15) is 4.79 Å². The summed E-state index contributed by atoms with van der Waals surface area (Å²) in [6.45, 7) is 1.93. The van der Waals surface area contributed by atoms with E-state index in [1.165, 1.54) is 0 Å². The highest BCUT2D eigenvalue weighted by Gasteiger charge is 2.21. The number of hydrogen-bond acceptors (Lipinski definition) is 4. The number of aromatic nitrogens is 2. The van der Waals surface area contributed by atoms with Gasteiger partial charge in [-0.05, 0) is 5.56 Å². The van der Waals surface area contributed by atoms with Crippen LogP contribution in [0.15, 0.2) is 12.4 Å². The van der Waals surface area contributed by atoms with E-state index in [2.05, 4.69) is 10.4 Å². The largest absolute Gasteiger partial charge is 0.378 e. The average Bonchev–Trinajstić information content (AvgIpc) is 2.65. The van der Waals surface area contributed by atoms with Gasteiger partial charge in [-0.15, -0.1) is 0 Å². The number of Topliss-reactive ketones (excluding diaryl/α,β-unsaturated/α-hetero) is 1. The topological polar surface area (TPSA) is 56.1 Å². The van der Waals surface area contributed by atoms with Gasteiger partial charge in [0.25, 0.3) is 0 Å². The van der Waals surface area contributed by atoms with Crippen LogP contribution in [0.5, 0.6) is 0 Å². The van der Waals surface area contributed by atoms with Gasteiger partial charge in [0, 0.05) is 26.2 Å². The minimum absolute atomic E-state index is 0.154. The Hall–Kier alpha value is -1.20. The van der Waals surface area contributed by atoms with Crippen molar-refractivity contribution >= 4 is 5.78 Å². The van der Waals surface area contributed by atoms with Crippen LogP contribution >= 0.6 is 0 Å². The van der Waals surface area contributed by atoms with Gasteiger partial charge in [0.1, 0.15) is 0 Å². The van der Waals surface area contributed by atoms with E-state index < -0.39 is 0 Å². The van der Waals surface area contributed by atoms with Crippen molar-refractivity contribution in [3.8, 4) is 0 Å². The fraction of sp³-hybridized carbons (Fsp3) is 0.600. The summed E-state index contributed by atoms with van der Waals surface area (Å²) < 4.78 is 6.94. The molecule has 0 amide bonds. The van der Waals surface area contributed by atoms with E-state index in [4.69, 9.17) is 4.74 Å². The predicted octanol–water partition coefficient (Wildman–Crippen LogP) is -0.480. The molecular weight excluding hydrogens is 194 g/mol. The maximum atomic E-state index is 11.8. The van der Waals surface area contributed by atoms with Crippen LogP contribution in [0.25, 0.3) is 0 Å². The molecule has 5 nitrogen and oxygen atoms in total. The number of morpholine rings is 1. The highest BCUT2D eigenvalue weighted by atomic mass is 16.5. The molecule has 1 N–H and O–H groups in total. The van der Waals surface area contributed by atoms with Gasteiger partial charge in [0.05, 0.1) is 25.5 Å². The average molecular weight is 209 g/mol. The van der Waals surface area contributed by atoms with Gasteiger partial charge in [0.2, 0.25) is 0 Å². The molecule has 82 valence electrons. The molecule has 0 bridgehead atoms. The summed E-state index contributed by atoms with van der Waals surface area (Å²) in [5, 5.41) is 7.17. The Kier molecular flexibility index (Phi) is 3.13. The summed E-state index contributed by atoms with van der Waals surface area (Å²) >= 11 is 0. The molecule has 1 saturated heterocycles. The number of nitrogens with zero attached hydrogens (tertiary/aromatic N) is 2. The highest BCUT2D eigenvalue weighted by molar-refractivity contribution is 5.86. The minimum atomic E-state index is -0.154. The number of aryl methyl sites for hydroxylation is 1. The SMILES string of the molecule is Cn1cc(CC(=O)C2COCCN2)cn1. The lowest BCUT2D eigenvalue weighted by atomic mass is 10.1. The first-order valence-corrected chi connectivity index (χ1v) is 5.07. The molecule has 0 aliphatic carbocycles. The number of hydrogen-bond donors (Lipinski definition) is 1. The number of carbonyl (C=O) groups is 1. The molecule has 1 aliphatic heterocycles.